The van der Waals surface area contributed by atoms with Crippen LogP contribution in [-0.4, -0.2) is 21.0 Å². The Morgan fingerprint density at radius 2 is 1.65 bits per heavy atom. The maximum absolute atomic E-state index is 12.8. The Bertz CT molecular complexity index is 1190. The number of amides is 2. The number of rotatable bonds is 6. The van der Waals surface area contributed by atoms with Crippen molar-refractivity contribution in [3.05, 3.63) is 105 Å². The monoisotopic (exact) mass is 432 g/mol. The molecule has 3 aromatic carbocycles. The van der Waals surface area contributed by atoms with Gasteiger partial charge < -0.3 is 4.74 Å². The number of imide groups is 1. The van der Waals surface area contributed by atoms with E-state index in [0.29, 0.717) is 22.6 Å². The standard InChI is InChI=1S/C23H16N2O5S/c26-22-21(14-16-7-6-11-19(13-16)30-18-9-2-1-3-10-18)31-23(27)24(22)15-17-8-4-5-12-20(17)25(28)29/h1-14H,15H2/b21-14+. The van der Waals surface area contributed by atoms with Gasteiger partial charge >= 0.3 is 0 Å². The van der Waals surface area contributed by atoms with Gasteiger partial charge in [0.15, 0.2) is 0 Å². The number of carbonyl (C=O) groups excluding carboxylic acids is 2. The highest BCUT2D eigenvalue weighted by atomic mass is 32.2. The molecule has 0 aliphatic carbocycles. The van der Waals surface area contributed by atoms with Crippen molar-refractivity contribution in [2.24, 2.45) is 0 Å². The lowest BCUT2D eigenvalue weighted by Crippen LogP contribution is -2.27. The molecular formula is C23H16N2O5S. The summed E-state index contributed by atoms with van der Waals surface area (Å²) in [7, 11) is 0. The maximum atomic E-state index is 12.8. The molecule has 0 atom stereocenters. The summed E-state index contributed by atoms with van der Waals surface area (Å²) >= 11 is 0.808. The minimum Gasteiger partial charge on any atom is -0.457 e. The number of hydrogen-bond donors (Lipinski definition) is 0. The molecule has 0 spiro atoms. The maximum Gasteiger partial charge on any atom is 0.293 e. The molecule has 2 amide bonds. The van der Waals surface area contributed by atoms with E-state index in [1.165, 1.54) is 12.1 Å². The summed E-state index contributed by atoms with van der Waals surface area (Å²) in [5.41, 5.74) is 0.871. The molecule has 0 radical (unpaired) electrons. The van der Waals surface area contributed by atoms with E-state index in [-0.39, 0.29) is 17.1 Å². The van der Waals surface area contributed by atoms with E-state index in [4.69, 9.17) is 4.74 Å². The Kier molecular flexibility index (Phi) is 5.81. The van der Waals surface area contributed by atoms with Crippen LogP contribution in [0.15, 0.2) is 83.8 Å². The third kappa shape index (κ3) is 4.65. The lowest BCUT2D eigenvalue weighted by Gasteiger charge is -2.12. The first-order valence-corrected chi connectivity index (χ1v) is 10.1. The topological polar surface area (TPSA) is 89.8 Å². The Balaban J connectivity index is 1.54. The molecule has 1 aliphatic heterocycles. The molecule has 154 valence electrons. The molecule has 0 N–H and O–H groups in total. The number of nitro groups is 1. The van der Waals surface area contributed by atoms with Gasteiger partial charge in [-0.25, -0.2) is 0 Å². The van der Waals surface area contributed by atoms with Gasteiger partial charge in [0.05, 0.1) is 16.4 Å². The first-order valence-electron chi connectivity index (χ1n) is 9.32. The second kappa shape index (κ2) is 8.85. The van der Waals surface area contributed by atoms with Crippen molar-refractivity contribution in [3.8, 4) is 11.5 Å². The molecule has 0 aromatic heterocycles. The first kappa shape index (κ1) is 20.4. The number of nitro benzene ring substituents is 1. The van der Waals surface area contributed by atoms with Crippen LogP contribution in [0.2, 0.25) is 0 Å². The molecule has 0 unspecified atom stereocenters. The highest BCUT2D eigenvalue weighted by Gasteiger charge is 2.36. The number of thioether (sulfide) groups is 1. The van der Waals surface area contributed by atoms with E-state index in [1.54, 1.807) is 42.5 Å². The van der Waals surface area contributed by atoms with Crippen molar-refractivity contribution in [3.63, 3.8) is 0 Å². The van der Waals surface area contributed by atoms with Gasteiger partial charge in [-0.3, -0.25) is 24.6 Å². The van der Waals surface area contributed by atoms with Crippen molar-refractivity contribution >= 4 is 34.7 Å². The minimum atomic E-state index is -0.525. The Labute approximate surface area is 182 Å². The lowest BCUT2D eigenvalue weighted by atomic mass is 10.1. The van der Waals surface area contributed by atoms with Crippen LogP contribution in [0.1, 0.15) is 11.1 Å². The minimum absolute atomic E-state index is 0.128. The molecule has 1 heterocycles. The van der Waals surface area contributed by atoms with Gasteiger partial charge in [0.1, 0.15) is 11.5 Å². The van der Waals surface area contributed by atoms with Crippen LogP contribution < -0.4 is 4.74 Å². The van der Waals surface area contributed by atoms with Crippen LogP contribution in [0.4, 0.5) is 10.5 Å². The average Bonchev–Trinajstić information content (AvgIpc) is 3.02. The van der Waals surface area contributed by atoms with Gasteiger partial charge in [0.2, 0.25) is 0 Å². The Hall–Kier alpha value is -3.91. The number of benzene rings is 3. The van der Waals surface area contributed by atoms with E-state index in [9.17, 15) is 19.7 Å². The van der Waals surface area contributed by atoms with Crippen molar-refractivity contribution in [2.45, 2.75) is 6.54 Å². The molecule has 1 fully saturated rings. The molecule has 1 saturated heterocycles. The van der Waals surface area contributed by atoms with Crippen molar-refractivity contribution in [1.29, 1.82) is 0 Å². The van der Waals surface area contributed by atoms with Crippen LogP contribution in [0.25, 0.3) is 6.08 Å². The zero-order chi connectivity index (χ0) is 21.8. The summed E-state index contributed by atoms with van der Waals surface area (Å²) in [5, 5.41) is 10.7. The fraction of sp³-hybridized carbons (Fsp3) is 0.0435. The number of nitrogens with zero attached hydrogens (tertiary/aromatic N) is 2. The van der Waals surface area contributed by atoms with Gasteiger partial charge in [0.25, 0.3) is 16.8 Å². The van der Waals surface area contributed by atoms with Crippen LogP contribution in [0.5, 0.6) is 11.5 Å². The van der Waals surface area contributed by atoms with Gasteiger partial charge in [-0.1, -0.05) is 48.5 Å². The van der Waals surface area contributed by atoms with Gasteiger partial charge in [0, 0.05) is 11.6 Å². The van der Waals surface area contributed by atoms with E-state index in [1.807, 2.05) is 30.3 Å². The predicted molar refractivity (Wildman–Crippen MR) is 118 cm³/mol. The van der Waals surface area contributed by atoms with Crippen LogP contribution >= 0.6 is 11.8 Å². The van der Waals surface area contributed by atoms with Crippen molar-refractivity contribution < 1.29 is 19.2 Å². The number of ether oxygens (including phenoxy) is 1. The fourth-order valence-corrected chi connectivity index (χ4v) is 3.91. The van der Waals surface area contributed by atoms with Crippen LogP contribution in [0.3, 0.4) is 0 Å². The molecule has 4 rings (SSSR count). The Morgan fingerprint density at radius 1 is 0.935 bits per heavy atom. The van der Waals surface area contributed by atoms with Crippen molar-refractivity contribution in [2.75, 3.05) is 0 Å². The highest BCUT2D eigenvalue weighted by molar-refractivity contribution is 8.18. The van der Waals surface area contributed by atoms with E-state index >= 15 is 0 Å². The molecule has 3 aromatic rings. The van der Waals surface area contributed by atoms with Crippen LogP contribution in [-0.2, 0) is 11.3 Å². The summed E-state index contributed by atoms with van der Waals surface area (Å²) in [4.78, 5) is 37.2. The third-order valence-corrected chi connectivity index (χ3v) is 5.43. The molecule has 31 heavy (non-hydrogen) atoms. The smallest absolute Gasteiger partial charge is 0.293 e. The predicted octanol–water partition coefficient (Wildman–Crippen LogP) is 5.62. The van der Waals surface area contributed by atoms with Crippen molar-refractivity contribution in [1.82, 2.24) is 4.90 Å². The van der Waals surface area contributed by atoms with Gasteiger partial charge in [-0.15, -0.1) is 0 Å². The fourth-order valence-electron chi connectivity index (χ4n) is 3.07. The zero-order valence-corrected chi connectivity index (χ0v) is 17.0. The molecule has 0 bridgehead atoms. The normalized spacial score (nSPS) is 14.8. The van der Waals surface area contributed by atoms with Gasteiger partial charge in [-0.05, 0) is 47.7 Å². The largest absolute Gasteiger partial charge is 0.457 e. The highest BCUT2D eigenvalue weighted by Crippen LogP contribution is 2.35. The molecular weight excluding hydrogens is 416 g/mol. The van der Waals surface area contributed by atoms with E-state index < -0.39 is 16.1 Å². The van der Waals surface area contributed by atoms with E-state index in [0.717, 1.165) is 16.7 Å². The van der Waals surface area contributed by atoms with E-state index in [2.05, 4.69) is 0 Å². The number of carbonyl (C=O) groups is 2. The van der Waals surface area contributed by atoms with Gasteiger partial charge in [-0.2, -0.15) is 0 Å². The number of para-hydroxylation sites is 2. The number of hydrogen-bond acceptors (Lipinski definition) is 6. The third-order valence-electron chi connectivity index (χ3n) is 4.53. The molecule has 7 nitrogen and oxygen atoms in total. The first-order chi connectivity index (χ1) is 15.0. The summed E-state index contributed by atoms with van der Waals surface area (Å²) in [5.74, 6) is 0.797. The Morgan fingerprint density at radius 3 is 2.42 bits per heavy atom. The van der Waals surface area contributed by atoms with Crippen LogP contribution in [0, 0.1) is 10.1 Å². The second-order valence-electron chi connectivity index (χ2n) is 6.64. The molecule has 8 heteroatoms. The molecule has 0 saturated carbocycles. The zero-order valence-electron chi connectivity index (χ0n) is 16.1. The summed E-state index contributed by atoms with van der Waals surface area (Å²) in [6.45, 7) is -0.156. The molecule has 1 aliphatic rings. The summed E-state index contributed by atoms with van der Waals surface area (Å²) in [6.07, 6.45) is 1.61. The SMILES string of the molecule is O=C1S/C(=C/c2cccc(Oc3ccccc3)c2)C(=O)N1Cc1ccccc1[N+](=O)[O-]. The second-order valence-corrected chi connectivity index (χ2v) is 7.63. The summed E-state index contributed by atoms with van der Waals surface area (Å²) < 4.78 is 5.80. The quantitative estimate of drug-likeness (QED) is 0.285. The average molecular weight is 432 g/mol. The summed E-state index contributed by atoms with van der Waals surface area (Å²) in [6, 6.07) is 22.5. The lowest BCUT2D eigenvalue weighted by molar-refractivity contribution is -0.385.